The number of nitrogens with one attached hydrogen (secondary N) is 1. The van der Waals surface area contributed by atoms with E-state index in [1.807, 2.05) is 24.3 Å². The highest BCUT2D eigenvalue weighted by Gasteiger charge is 2.25. The van der Waals surface area contributed by atoms with Crippen LogP contribution in [0.15, 0.2) is 28.7 Å². The van der Waals surface area contributed by atoms with Gasteiger partial charge in [0.2, 0.25) is 0 Å². The zero-order valence-corrected chi connectivity index (χ0v) is 12.9. The van der Waals surface area contributed by atoms with Gasteiger partial charge in [0.15, 0.2) is 15.7 Å². The van der Waals surface area contributed by atoms with Gasteiger partial charge in [-0.3, -0.25) is 5.10 Å². The first kappa shape index (κ1) is 14.1. The number of sulfone groups is 1. The van der Waals surface area contributed by atoms with Crippen LogP contribution in [-0.4, -0.2) is 24.9 Å². The van der Waals surface area contributed by atoms with Gasteiger partial charge in [0.1, 0.15) is 5.25 Å². The first-order valence-corrected chi connectivity index (χ1v) is 8.34. The number of nitrogen functional groups attached to an aromatic ring is 1. The second kappa shape index (κ2) is 4.97. The average molecular weight is 344 g/mol. The van der Waals surface area contributed by atoms with Crippen molar-refractivity contribution >= 4 is 31.6 Å². The Hall–Kier alpha value is -1.34. The Morgan fingerprint density at radius 3 is 2.58 bits per heavy atom. The number of benzene rings is 1. The normalized spacial score (nSPS) is 13.4. The molecule has 2 rings (SSSR count). The Labute approximate surface area is 120 Å². The molecule has 0 aliphatic carbocycles. The van der Waals surface area contributed by atoms with E-state index in [1.165, 1.54) is 6.26 Å². The van der Waals surface area contributed by atoms with E-state index in [0.717, 1.165) is 10.0 Å². The van der Waals surface area contributed by atoms with Gasteiger partial charge in [-0.1, -0.05) is 34.1 Å². The Bertz CT molecular complexity index is 710. The number of aromatic amines is 1. The topological polar surface area (TPSA) is 88.8 Å². The molecule has 1 aromatic heterocycles. The number of aromatic nitrogens is 2. The maximum Gasteiger partial charge on any atom is 0.155 e. The van der Waals surface area contributed by atoms with Crippen molar-refractivity contribution in [3.8, 4) is 11.1 Å². The lowest BCUT2D eigenvalue weighted by Gasteiger charge is -2.11. The van der Waals surface area contributed by atoms with E-state index in [4.69, 9.17) is 5.73 Å². The summed E-state index contributed by atoms with van der Waals surface area (Å²) in [5.41, 5.74) is 7.82. The molecule has 0 aliphatic rings. The van der Waals surface area contributed by atoms with Crippen LogP contribution >= 0.6 is 15.9 Å². The number of rotatable bonds is 3. The Balaban J connectivity index is 2.66. The Morgan fingerprint density at radius 1 is 1.37 bits per heavy atom. The van der Waals surface area contributed by atoms with Gasteiger partial charge in [-0.15, -0.1) is 0 Å². The molecule has 0 fully saturated rings. The van der Waals surface area contributed by atoms with Crippen LogP contribution in [-0.2, 0) is 9.84 Å². The summed E-state index contributed by atoms with van der Waals surface area (Å²) in [6, 6.07) is 7.48. The maximum absolute atomic E-state index is 11.7. The lowest BCUT2D eigenvalue weighted by molar-refractivity contribution is 0.591. The summed E-state index contributed by atoms with van der Waals surface area (Å²) >= 11 is 3.44. The molecule has 0 radical (unpaired) electrons. The van der Waals surface area contributed by atoms with E-state index in [-0.39, 0.29) is 5.82 Å². The van der Waals surface area contributed by atoms with Crippen LogP contribution in [0.1, 0.15) is 17.9 Å². The minimum atomic E-state index is -3.23. The summed E-state index contributed by atoms with van der Waals surface area (Å²) in [7, 11) is -3.23. The first-order chi connectivity index (χ1) is 8.82. The number of hydrogen-bond donors (Lipinski definition) is 2. The molecule has 0 spiro atoms. The summed E-state index contributed by atoms with van der Waals surface area (Å²) in [6.07, 6.45) is 1.19. The third kappa shape index (κ3) is 2.66. The number of H-pyrrole nitrogens is 1. The van der Waals surface area contributed by atoms with Crippen LogP contribution in [0.2, 0.25) is 0 Å². The molecular weight excluding hydrogens is 330 g/mol. The van der Waals surface area contributed by atoms with Crippen molar-refractivity contribution in [1.29, 1.82) is 0 Å². The monoisotopic (exact) mass is 343 g/mol. The van der Waals surface area contributed by atoms with Crippen LogP contribution in [0.5, 0.6) is 0 Å². The molecule has 0 amide bonds. The number of anilines is 1. The Morgan fingerprint density at radius 2 is 2.00 bits per heavy atom. The molecule has 0 bridgehead atoms. The van der Waals surface area contributed by atoms with Crippen LogP contribution in [0.25, 0.3) is 11.1 Å². The SMILES string of the molecule is CC(c1[nH]nc(N)c1-c1ccccc1Br)S(C)(=O)=O. The summed E-state index contributed by atoms with van der Waals surface area (Å²) < 4.78 is 24.3. The molecule has 7 heteroatoms. The molecule has 102 valence electrons. The minimum absolute atomic E-state index is 0.289. The van der Waals surface area contributed by atoms with Crippen LogP contribution < -0.4 is 5.73 Å². The molecule has 0 aliphatic heterocycles. The van der Waals surface area contributed by atoms with Gasteiger partial charge < -0.3 is 5.73 Å². The van der Waals surface area contributed by atoms with E-state index in [1.54, 1.807) is 6.92 Å². The zero-order valence-electron chi connectivity index (χ0n) is 10.5. The highest BCUT2D eigenvalue weighted by molar-refractivity contribution is 9.10. The van der Waals surface area contributed by atoms with Gasteiger partial charge in [-0.25, -0.2) is 8.42 Å². The van der Waals surface area contributed by atoms with E-state index in [9.17, 15) is 8.42 Å². The van der Waals surface area contributed by atoms with Crippen molar-refractivity contribution in [2.45, 2.75) is 12.2 Å². The molecule has 0 saturated carbocycles. The number of nitrogens with two attached hydrogens (primary N) is 1. The predicted octanol–water partition coefficient (Wildman–Crippen LogP) is 2.53. The average Bonchev–Trinajstić information content (AvgIpc) is 2.69. The molecule has 0 saturated heterocycles. The summed E-state index contributed by atoms with van der Waals surface area (Å²) in [5, 5.41) is 5.97. The van der Waals surface area contributed by atoms with Crippen LogP contribution in [0.3, 0.4) is 0 Å². The first-order valence-electron chi connectivity index (χ1n) is 5.60. The number of nitrogens with zero attached hydrogens (tertiary/aromatic N) is 1. The lowest BCUT2D eigenvalue weighted by atomic mass is 10.0. The van der Waals surface area contributed by atoms with Crippen molar-refractivity contribution in [1.82, 2.24) is 10.2 Å². The van der Waals surface area contributed by atoms with Gasteiger partial charge in [0.05, 0.1) is 5.69 Å². The number of hydrogen-bond acceptors (Lipinski definition) is 4. The fraction of sp³-hybridized carbons (Fsp3) is 0.250. The fourth-order valence-electron chi connectivity index (χ4n) is 1.83. The second-order valence-corrected chi connectivity index (χ2v) is 7.57. The molecule has 1 atom stereocenters. The predicted molar refractivity (Wildman–Crippen MR) is 79.4 cm³/mol. The smallest absolute Gasteiger partial charge is 0.155 e. The van der Waals surface area contributed by atoms with Crippen molar-refractivity contribution in [3.05, 3.63) is 34.4 Å². The van der Waals surface area contributed by atoms with E-state index in [0.29, 0.717) is 11.3 Å². The maximum atomic E-state index is 11.7. The van der Waals surface area contributed by atoms with E-state index in [2.05, 4.69) is 26.1 Å². The zero-order chi connectivity index (χ0) is 14.2. The molecular formula is C12H14BrN3O2S. The molecule has 3 N–H and O–H groups in total. The van der Waals surface area contributed by atoms with Gasteiger partial charge >= 0.3 is 0 Å². The van der Waals surface area contributed by atoms with Crippen molar-refractivity contribution in [3.63, 3.8) is 0 Å². The van der Waals surface area contributed by atoms with E-state index < -0.39 is 15.1 Å². The van der Waals surface area contributed by atoms with Gasteiger partial charge in [0, 0.05) is 21.9 Å². The van der Waals surface area contributed by atoms with Crippen molar-refractivity contribution < 1.29 is 8.42 Å². The summed E-state index contributed by atoms with van der Waals surface area (Å²) in [5.74, 6) is 0.289. The van der Waals surface area contributed by atoms with Crippen molar-refractivity contribution in [2.24, 2.45) is 0 Å². The molecule has 1 aromatic carbocycles. The third-order valence-corrected chi connectivity index (χ3v) is 5.23. The quantitative estimate of drug-likeness (QED) is 0.895. The fourth-order valence-corrected chi connectivity index (χ4v) is 2.91. The second-order valence-electron chi connectivity index (χ2n) is 4.35. The third-order valence-electron chi connectivity index (χ3n) is 3.01. The molecule has 5 nitrogen and oxygen atoms in total. The summed E-state index contributed by atoms with van der Waals surface area (Å²) in [4.78, 5) is 0. The van der Waals surface area contributed by atoms with E-state index >= 15 is 0 Å². The minimum Gasteiger partial charge on any atom is -0.382 e. The van der Waals surface area contributed by atoms with Crippen LogP contribution in [0, 0.1) is 0 Å². The summed E-state index contributed by atoms with van der Waals surface area (Å²) in [6.45, 7) is 1.61. The molecule has 1 unspecified atom stereocenters. The molecule has 1 heterocycles. The van der Waals surface area contributed by atoms with Gasteiger partial charge in [-0.2, -0.15) is 5.10 Å². The Kier molecular flexibility index (Phi) is 3.69. The van der Waals surface area contributed by atoms with Gasteiger partial charge in [-0.05, 0) is 13.0 Å². The van der Waals surface area contributed by atoms with Crippen LogP contribution in [0.4, 0.5) is 5.82 Å². The standard InChI is InChI=1S/C12H14BrN3O2S/c1-7(19(2,17)18)11-10(12(14)16-15-11)8-5-3-4-6-9(8)13/h3-7H,1-2H3,(H3,14,15,16). The molecule has 2 aromatic rings. The van der Waals surface area contributed by atoms with Gasteiger partial charge in [0.25, 0.3) is 0 Å². The molecule has 19 heavy (non-hydrogen) atoms. The highest BCUT2D eigenvalue weighted by atomic mass is 79.9. The lowest BCUT2D eigenvalue weighted by Crippen LogP contribution is -2.09. The number of halogens is 1. The highest BCUT2D eigenvalue weighted by Crippen LogP contribution is 2.37. The van der Waals surface area contributed by atoms with Crippen molar-refractivity contribution in [2.75, 3.05) is 12.0 Å². The largest absolute Gasteiger partial charge is 0.382 e.